The number of rotatable bonds is 5. The molecule has 0 spiro atoms. The van der Waals surface area contributed by atoms with E-state index in [-0.39, 0.29) is 5.56 Å². The first kappa shape index (κ1) is 12.9. The molecule has 1 saturated carbocycles. The Balaban J connectivity index is 2.08. The molecule has 1 aromatic heterocycles. The number of nitrogens with zero attached hydrogens (tertiary/aromatic N) is 1. The molecule has 4 heteroatoms. The Hall–Kier alpha value is -1.58. The van der Waals surface area contributed by atoms with Crippen LogP contribution >= 0.6 is 0 Å². The van der Waals surface area contributed by atoms with Crippen molar-refractivity contribution in [3.05, 3.63) is 23.9 Å². The minimum absolute atomic E-state index is 0.252. The van der Waals surface area contributed by atoms with Crippen molar-refractivity contribution in [2.75, 3.05) is 11.9 Å². The van der Waals surface area contributed by atoms with E-state index in [2.05, 4.69) is 17.2 Å². The number of hydrogen-bond donors (Lipinski definition) is 2. The smallest absolute Gasteiger partial charge is 0.339 e. The first-order valence-electron chi connectivity index (χ1n) is 6.59. The molecule has 1 aromatic rings. The number of hydrogen-bond acceptors (Lipinski definition) is 3. The van der Waals surface area contributed by atoms with Gasteiger partial charge in [0.2, 0.25) is 0 Å². The number of carbonyl (C=O) groups is 1. The van der Waals surface area contributed by atoms with E-state index in [1.54, 1.807) is 18.3 Å². The van der Waals surface area contributed by atoms with Crippen LogP contribution in [0.4, 0.5) is 5.82 Å². The lowest BCUT2D eigenvalue weighted by molar-refractivity contribution is 0.0697. The molecule has 0 aliphatic heterocycles. The average molecular weight is 248 g/mol. The lowest BCUT2D eigenvalue weighted by Crippen LogP contribution is -2.26. The molecule has 1 aliphatic carbocycles. The van der Waals surface area contributed by atoms with Crippen LogP contribution in [0.25, 0.3) is 0 Å². The van der Waals surface area contributed by atoms with Crippen LogP contribution in [-0.4, -0.2) is 22.6 Å². The molecule has 0 amide bonds. The molecule has 1 fully saturated rings. The van der Waals surface area contributed by atoms with Crippen molar-refractivity contribution in [2.45, 2.75) is 39.0 Å². The zero-order valence-electron chi connectivity index (χ0n) is 10.8. The molecule has 0 bridgehead atoms. The van der Waals surface area contributed by atoms with Crippen LogP contribution < -0.4 is 5.32 Å². The number of carboxylic acids is 1. The molecule has 0 atom stereocenters. The molecule has 2 rings (SSSR count). The maximum absolute atomic E-state index is 11.1. The summed E-state index contributed by atoms with van der Waals surface area (Å²) in [6.45, 7) is 3.03. The van der Waals surface area contributed by atoms with E-state index in [0.717, 1.165) is 13.0 Å². The quantitative estimate of drug-likeness (QED) is 0.840. The molecular formula is C14H20N2O2. The zero-order valence-corrected chi connectivity index (χ0v) is 10.8. The summed E-state index contributed by atoms with van der Waals surface area (Å²) < 4.78 is 0. The third kappa shape index (κ3) is 2.63. The molecule has 0 saturated heterocycles. The highest BCUT2D eigenvalue weighted by Gasteiger charge is 2.32. The Kier molecular flexibility index (Phi) is 3.84. The topological polar surface area (TPSA) is 62.2 Å². The van der Waals surface area contributed by atoms with E-state index in [1.165, 1.54) is 25.7 Å². The summed E-state index contributed by atoms with van der Waals surface area (Å²) in [4.78, 5) is 15.2. The van der Waals surface area contributed by atoms with Crippen molar-refractivity contribution in [1.82, 2.24) is 4.98 Å². The van der Waals surface area contributed by atoms with E-state index in [4.69, 9.17) is 5.11 Å². The largest absolute Gasteiger partial charge is 0.478 e. The van der Waals surface area contributed by atoms with Gasteiger partial charge in [0.25, 0.3) is 0 Å². The minimum Gasteiger partial charge on any atom is -0.478 e. The maximum atomic E-state index is 11.1. The van der Waals surface area contributed by atoms with Crippen LogP contribution in [0.2, 0.25) is 0 Å². The number of nitrogens with one attached hydrogen (secondary N) is 1. The van der Waals surface area contributed by atoms with Gasteiger partial charge in [-0.05, 0) is 36.8 Å². The minimum atomic E-state index is -0.928. The lowest BCUT2D eigenvalue weighted by atomic mass is 9.83. The number of pyridine rings is 1. The highest BCUT2D eigenvalue weighted by Crippen LogP contribution is 2.40. The molecule has 0 unspecified atom stereocenters. The third-order valence-corrected chi connectivity index (χ3v) is 4.08. The van der Waals surface area contributed by atoms with Gasteiger partial charge >= 0.3 is 5.97 Å². The van der Waals surface area contributed by atoms with Crippen molar-refractivity contribution in [1.29, 1.82) is 0 Å². The third-order valence-electron chi connectivity index (χ3n) is 4.08. The summed E-state index contributed by atoms with van der Waals surface area (Å²) in [7, 11) is 0. The average Bonchev–Trinajstić information content (AvgIpc) is 2.86. The summed E-state index contributed by atoms with van der Waals surface area (Å²) in [5, 5.41) is 12.3. The normalized spacial score (nSPS) is 17.6. The fourth-order valence-corrected chi connectivity index (χ4v) is 2.77. The molecule has 2 N–H and O–H groups in total. The van der Waals surface area contributed by atoms with Gasteiger partial charge in [0.15, 0.2) is 0 Å². The standard InChI is InChI=1S/C14H20N2O2/c1-2-14(7-3-4-8-14)10-16-12-11(13(17)18)6-5-9-15-12/h5-6,9H,2-4,7-8,10H2,1H3,(H,15,16)(H,17,18). The van der Waals surface area contributed by atoms with E-state index in [0.29, 0.717) is 11.2 Å². The van der Waals surface area contributed by atoms with E-state index in [9.17, 15) is 4.79 Å². The first-order chi connectivity index (χ1) is 8.67. The van der Waals surface area contributed by atoms with Crippen LogP contribution in [0, 0.1) is 5.41 Å². The van der Waals surface area contributed by atoms with E-state index in [1.807, 2.05) is 0 Å². The highest BCUT2D eigenvalue weighted by atomic mass is 16.4. The van der Waals surface area contributed by atoms with Gasteiger partial charge in [0.05, 0.1) is 0 Å². The van der Waals surface area contributed by atoms with Crippen LogP contribution in [0.1, 0.15) is 49.4 Å². The summed E-state index contributed by atoms with van der Waals surface area (Å²) in [5.41, 5.74) is 0.578. The Labute approximate surface area is 107 Å². The number of aromatic carboxylic acids is 1. The fourth-order valence-electron chi connectivity index (χ4n) is 2.77. The molecule has 0 radical (unpaired) electrons. The van der Waals surface area contributed by atoms with Crippen molar-refractivity contribution in [3.63, 3.8) is 0 Å². The summed E-state index contributed by atoms with van der Waals surface area (Å²) >= 11 is 0. The van der Waals surface area contributed by atoms with Crippen LogP contribution in [-0.2, 0) is 0 Å². The second-order valence-corrected chi connectivity index (χ2v) is 5.12. The van der Waals surface area contributed by atoms with Crippen LogP contribution in [0.3, 0.4) is 0 Å². The number of aromatic nitrogens is 1. The first-order valence-corrected chi connectivity index (χ1v) is 6.59. The second-order valence-electron chi connectivity index (χ2n) is 5.12. The summed E-state index contributed by atoms with van der Waals surface area (Å²) in [5.74, 6) is -0.438. The van der Waals surface area contributed by atoms with E-state index >= 15 is 0 Å². The lowest BCUT2D eigenvalue weighted by Gasteiger charge is -2.28. The maximum Gasteiger partial charge on any atom is 0.339 e. The van der Waals surface area contributed by atoms with Gasteiger partial charge in [-0.25, -0.2) is 9.78 Å². The molecule has 18 heavy (non-hydrogen) atoms. The zero-order chi connectivity index (χ0) is 13.0. The van der Waals surface area contributed by atoms with Crippen LogP contribution in [0.15, 0.2) is 18.3 Å². The Morgan fingerprint density at radius 3 is 2.83 bits per heavy atom. The Bertz CT molecular complexity index is 426. The van der Waals surface area contributed by atoms with Gasteiger partial charge in [-0.3, -0.25) is 0 Å². The summed E-state index contributed by atoms with van der Waals surface area (Å²) in [6.07, 6.45) is 7.78. The monoisotopic (exact) mass is 248 g/mol. The summed E-state index contributed by atoms with van der Waals surface area (Å²) in [6, 6.07) is 3.24. The molecule has 1 heterocycles. The highest BCUT2D eigenvalue weighted by molar-refractivity contribution is 5.92. The second kappa shape index (κ2) is 5.38. The van der Waals surface area contributed by atoms with Gasteiger partial charge in [-0.1, -0.05) is 19.8 Å². The van der Waals surface area contributed by atoms with Gasteiger partial charge in [-0.15, -0.1) is 0 Å². The van der Waals surface area contributed by atoms with Crippen molar-refractivity contribution in [3.8, 4) is 0 Å². The van der Waals surface area contributed by atoms with Gasteiger partial charge < -0.3 is 10.4 Å². The fraction of sp³-hybridized carbons (Fsp3) is 0.571. The van der Waals surface area contributed by atoms with Crippen molar-refractivity contribution < 1.29 is 9.90 Å². The SMILES string of the molecule is CCC1(CNc2ncccc2C(=O)O)CCCC1. The molecular weight excluding hydrogens is 228 g/mol. The molecule has 98 valence electrons. The van der Waals surface area contributed by atoms with Gasteiger partial charge in [0.1, 0.15) is 11.4 Å². The Morgan fingerprint density at radius 2 is 2.22 bits per heavy atom. The van der Waals surface area contributed by atoms with Gasteiger partial charge in [-0.2, -0.15) is 0 Å². The molecule has 1 aliphatic rings. The predicted octanol–water partition coefficient (Wildman–Crippen LogP) is 3.16. The van der Waals surface area contributed by atoms with Crippen molar-refractivity contribution in [2.24, 2.45) is 5.41 Å². The number of anilines is 1. The van der Waals surface area contributed by atoms with Crippen LogP contribution in [0.5, 0.6) is 0 Å². The van der Waals surface area contributed by atoms with Crippen molar-refractivity contribution >= 4 is 11.8 Å². The predicted molar refractivity (Wildman–Crippen MR) is 70.9 cm³/mol. The number of carboxylic acid groups (broad SMARTS) is 1. The van der Waals surface area contributed by atoms with E-state index < -0.39 is 5.97 Å². The molecule has 4 nitrogen and oxygen atoms in total. The molecule has 0 aromatic carbocycles. The Morgan fingerprint density at radius 1 is 1.50 bits per heavy atom. The van der Waals surface area contributed by atoms with Gasteiger partial charge in [0, 0.05) is 12.7 Å².